The van der Waals surface area contributed by atoms with Gasteiger partial charge in [0.15, 0.2) is 0 Å². The Morgan fingerprint density at radius 2 is 2.08 bits per heavy atom. The molecule has 0 fully saturated rings. The summed E-state index contributed by atoms with van der Waals surface area (Å²) in [6, 6.07) is 5.41. The molecule has 6 heteroatoms. The van der Waals surface area contributed by atoms with Crippen LogP contribution < -0.4 is 15.4 Å². The number of thiazole rings is 1. The fourth-order valence-corrected chi connectivity index (χ4v) is 3.30. The third-order valence-corrected chi connectivity index (χ3v) is 4.59. The summed E-state index contributed by atoms with van der Waals surface area (Å²) in [4.78, 5) is 16.7. The van der Waals surface area contributed by atoms with E-state index in [2.05, 4.69) is 41.8 Å². The largest absolute Gasteiger partial charge is 0.494 e. The lowest BCUT2D eigenvalue weighted by Crippen LogP contribution is -2.30. The molecule has 0 aliphatic heterocycles. The van der Waals surface area contributed by atoms with Gasteiger partial charge in [0.25, 0.3) is 0 Å². The Bertz CT molecular complexity index is 720. The molecule has 25 heavy (non-hydrogen) atoms. The van der Waals surface area contributed by atoms with E-state index >= 15 is 0 Å². The van der Waals surface area contributed by atoms with Crippen molar-refractivity contribution in [3.8, 4) is 5.75 Å². The number of benzene rings is 1. The molecule has 1 heterocycles. The number of aromatic nitrogens is 1. The minimum atomic E-state index is -0.212. The molecule has 0 saturated heterocycles. The van der Waals surface area contributed by atoms with E-state index in [1.54, 1.807) is 11.3 Å². The van der Waals surface area contributed by atoms with Crippen molar-refractivity contribution in [2.75, 3.05) is 18.5 Å². The van der Waals surface area contributed by atoms with Crippen LogP contribution >= 0.6 is 11.3 Å². The van der Waals surface area contributed by atoms with Crippen molar-refractivity contribution < 1.29 is 9.53 Å². The van der Waals surface area contributed by atoms with Gasteiger partial charge >= 0.3 is 6.03 Å². The molecule has 2 aromatic rings. The van der Waals surface area contributed by atoms with Crippen molar-refractivity contribution in [2.24, 2.45) is 0 Å². The summed E-state index contributed by atoms with van der Waals surface area (Å²) < 4.78 is 5.50. The van der Waals surface area contributed by atoms with Crippen molar-refractivity contribution in [3.05, 3.63) is 39.8 Å². The summed E-state index contributed by atoms with van der Waals surface area (Å²) in [5.74, 6) is 0.840. The fourth-order valence-electron chi connectivity index (χ4n) is 2.27. The molecule has 0 aliphatic rings. The van der Waals surface area contributed by atoms with Gasteiger partial charge in [-0.3, -0.25) is 0 Å². The predicted molar refractivity (Wildman–Crippen MR) is 104 cm³/mol. The third-order valence-electron chi connectivity index (χ3n) is 3.68. The van der Waals surface area contributed by atoms with Gasteiger partial charge in [0, 0.05) is 29.4 Å². The number of urea groups is 1. The summed E-state index contributed by atoms with van der Waals surface area (Å²) in [7, 11) is 0. The molecule has 0 unspecified atom stereocenters. The van der Waals surface area contributed by atoms with Gasteiger partial charge in [-0.05, 0) is 37.6 Å². The molecular formula is C19H27N3O2S. The van der Waals surface area contributed by atoms with E-state index in [9.17, 15) is 4.79 Å². The Morgan fingerprint density at radius 1 is 1.32 bits per heavy atom. The zero-order valence-corrected chi connectivity index (χ0v) is 16.4. The van der Waals surface area contributed by atoms with Crippen molar-refractivity contribution >= 4 is 23.1 Å². The zero-order chi connectivity index (χ0) is 18.4. The highest BCUT2D eigenvalue weighted by Gasteiger charge is 2.17. The second-order valence-corrected chi connectivity index (χ2v) is 7.86. The maximum Gasteiger partial charge on any atom is 0.319 e. The van der Waals surface area contributed by atoms with Crippen LogP contribution in [-0.2, 0) is 11.8 Å². The van der Waals surface area contributed by atoms with E-state index in [1.807, 2.05) is 32.0 Å². The maximum atomic E-state index is 12.0. The second-order valence-electron chi connectivity index (χ2n) is 6.92. The molecule has 0 aliphatic carbocycles. The van der Waals surface area contributed by atoms with Gasteiger partial charge in [0.2, 0.25) is 0 Å². The normalized spacial score (nSPS) is 11.2. The first-order valence-corrected chi connectivity index (χ1v) is 9.40. The topological polar surface area (TPSA) is 63.2 Å². The summed E-state index contributed by atoms with van der Waals surface area (Å²) in [5.41, 5.74) is 2.91. The Kier molecular flexibility index (Phi) is 6.42. The van der Waals surface area contributed by atoms with Crippen LogP contribution in [0.3, 0.4) is 0 Å². The standard InChI is InChI=1S/C19H27N3O2S/c1-6-24-15-8-7-14(11-13(15)2)21-18(23)20-10-9-17-22-16(12-25-17)19(3,4)5/h7-8,11-12H,6,9-10H2,1-5H3,(H2,20,21,23). The molecule has 1 aromatic heterocycles. The Labute approximate surface area is 153 Å². The summed E-state index contributed by atoms with van der Waals surface area (Å²) >= 11 is 1.64. The van der Waals surface area contributed by atoms with Gasteiger partial charge in [-0.15, -0.1) is 11.3 Å². The number of hydrogen-bond acceptors (Lipinski definition) is 4. The third kappa shape index (κ3) is 5.74. The zero-order valence-electron chi connectivity index (χ0n) is 15.6. The van der Waals surface area contributed by atoms with E-state index < -0.39 is 0 Å². The first-order valence-electron chi connectivity index (χ1n) is 8.52. The van der Waals surface area contributed by atoms with Crippen LogP contribution in [0, 0.1) is 6.92 Å². The van der Waals surface area contributed by atoms with E-state index in [1.165, 1.54) is 0 Å². The lowest BCUT2D eigenvalue weighted by molar-refractivity contribution is 0.252. The van der Waals surface area contributed by atoms with Gasteiger partial charge < -0.3 is 15.4 Å². The van der Waals surface area contributed by atoms with E-state index in [4.69, 9.17) is 4.74 Å². The number of carbonyl (C=O) groups is 1. The molecule has 1 aromatic carbocycles. The highest BCUT2D eigenvalue weighted by molar-refractivity contribution is 7.09. The summed E-state index contributed by atoms with van der Waals surface area (Å²) in [6.45, 7) is 11.5. The van der Waals surface area contributed by atoms with Gasteiger partial charge in [0.05, 0.1) is 17.3 Å². The average molecular weight is 362 g/mol. The second kappa shape index (κ2) is 8.34. The molecule has 136 valence electrons. The first kappa shape index (κ1) is 19.2. The van der Waals surface area contributed by atoms with Crippen LogP contribution in [0.2, 0.25) is 0 Å². The molecule has 0 bridgehead atoms. The SMILES string of the molecule is CCOc1ccc(NC(=O)NCCc2nc(C(C)(C)C)cs2)cc1C. The minimum absolute atomic E-state index is 0.0606. The maximum absolute atomic E-state index is 12.0. The highest BCUT2D eigenvalue weighted by Crippen LogP contribution is 2.24. The number of nitrogens with zero attached hydrogens (tertiary/aromatic N) is 1. The Morgan fingerprint density at radius 3 is 2.68 bits per heavy atom. The van der Waals surface area contributed by atoms with Crippen LogP contribution in [0.4, 0.5) is 10.5 Å². The van der Waals surface area contributed by atoms with Crippen LogP contribution in [0.25, 0.3) is 0 Å². The number of nitrogens with one attached hydrogen (secondary N) is 2. The average Bonchev–Trinajstić information content (AvgIpc) is 2.99. The quantitative estimate of drug-likeness (QED) is 0.795. The summed E-state index contributed by atoms with van der Waals surface area (Å²) in [5, 5.41) is 8.86. The molecule has 2 N–H and O–H groups in total. The number of anilines is 1. The van der Waals surface area contributed by atoms with Crippen LogP contribution in [0.15, 0.2) is 23.6 Å². The molecule has 5 nitrogen and oxygen atoms in total. The number of carbonyl (C=O) groups excluding carboxylic acids is 1. The molecular weight excluding hydrogens is 334 g/mol. The first-order chi connectivity index (χ1) is 11.8. The predicted octanol–water partition coefficient (Wildman–Crippen LogP) is 4.51. The van der Waals surface area contributed by atoms with Crippen molar-refractivity contribution in [3.63, 3.8) is 0 Å². The molecule has 0 saturated carbocycles. The van der Waals surface area contributed by atoms with Gasteiger partial charge in [-0.1, -0.05) is 20.8 Å². The van der Waals surface area contributed by atoms with Gasteiger partial charge in [-0.2, -0.15) is 0 Å². The number of amides is 2. The lowest BCUT2D eigenvalue weighted by atomic mass is 9.93. The van der Waals surface area contributed by atoms with Crippen LogP contribution in [-0.4, -0.2) is 24.2 Å². The summed E-state index contributed by atoms with van der Waals surface area (Å²) in [6.07, 6.45) is 0.733. The number of hydrogen-bond donors (Lipinski definition) is 2. The molecule has 2 rings (SSSR count). The Balaban J connectivity index is 1.81. The molecule has 0 atom stereocenters. The lowest BCUT2D eigenvalue weighted by Gasteiger charge is -2.14. The number of aryl methyl sites for hydroxylation is 1. The van der Waals surface area contributed by atoms with E-state index in [0.717, 1.165) is 34.1 Å². The number of rotatable bonds is 6. The van der Waals surface area contributed by atoms with Crippen molar-refractivity contribution in [1.82, 2.24) is 10.3 Å². The monoisotopic (exact) mass is 361 g/mol. The molecule has 2 amide bonds. The van der Waals surface area contributed by atoms with Gasteiger partial charge in [-0.25, -0.2) is 9.78 Å². The van der Waals surface area contributed by atoms with E-state index in [-0.39, 0.29) is 11.4 Å². The van der Waals surface area contributed by atoms with Crippen molar-refractivity contribution in [1.29, 1.82) is 0 Å². The minimum Gasteiger partial charge on any atom is -0.494 e. The van der Waals surface area contributed by atoms with Crippen LogP contribution in [0.1, 0.15) is 44.0 Å². The van der Waals surface area contributed by atoms with Gasteiger partial charge in [0.1, 0.15) is 5.75 Å². The van der Waals surface area contributed by atoms with Crippen molar-refractivity contribution in [2.45, 2.75) is 46.5 Å². The highest BCUT2D eigenvalue weighted by atomic mass is 32.1. The number of ether oxygens (including phenoxy) is 1. The van der Waals surface area contributed by atoms with Crippen LogP contribution in [0.5, 0.6) is 5.75 Å². The van der Waals surface area contributed by atoms with E-state index in [0.29, 0.717) is 13.2 Å². The smallest absolute Gasteiger partial charge is 0.319 e. The molecule has 0 spiro atoms. The molecule has 0 radical (unpaired) electrons. The fraction of sp³-hybridized carbons (Fsp3) is 0.474. The Hall–Kier alpha value is -2.08.